The van der Waals surface area contributed by atoms with Gasteiger partial charge in [0.1, 0.15) is 0 Å². The number of aromatic nitrogens is 2. The highest BCUT2D eigenvalue weighted by atomic mass is 79.9. The molecule has 0 fully saturated rings. The van der Waals surface area contributed by atoms with Gasteiger partial charge < -0.3 is 14.9 Å². The summed E-state index contributed by atoms with van der Waals surface area (Å²) in [4.78, 5) is 28.2. The highest BCUT2D eigenvalue weighted by Gasteiger charge is 2.45. The lowest BCUT2D eigenvalue weighted by molar-refractivity contribution is -0.117. The number of ether oxygens (including phenoxy) is 1. The highest BCUT2D eigenvalue weighted by Crippen LogP contribution is 2.46. The molecule has 0 radical (unpaired) electrons. The van der Waals surface area contributed by atoms with Gasteiger partial charge in [-0.05, 0) is 63.0 Å². The first-order valence-corrected chi connectivity index (χ1v) is 15.5. The molecule has 214 valence electrons. The number of aromatic hydroxyl groups is 1. The van der Waals surface area contributed by atoms with Crippen molar-refractivity contribution in [3.05, 3.63) is 109 Å². The third-order valence-electron chi connectivity index (χ3n) is 6.25. The molecule has 0 spiro atoms. The molecule has 1 atom stereocenters. The number of phenols is 1. The first kappa shape index (κ1) is 30.1. The third kappa shape index (κ3) is 6.20. The van der Waals surface area contributed by atoms with Crippen LogP contribution in [0.5, 0.6) is 11.5 Å². The number of aliphatic hydroxyl groups is 1. The van der Waals surface area contributed by atoms with E-state index in [0.29, 0.717) is 25.7 Å². The van der Waals surface area contributed by atoms with E-state index in [1.165, 1.54) is 35.9 Å². The molecule has 1 unspecified atom stereocenters. The van der Waals surface area contributed by atoms with Crippen LogP contribution in [0.4, 0.5) is 5.13 Å². The zero-order valence-electron chi connectivity index (χ0n) is 21.6. The van der Waals surface area contributed by atoms with Crippen LogP contribution in [0.3, 0.4) is 0 Å². The average Bonchev–Trinajstić information content (AvgIpc) is 3.55. The lowest BCUT2D eigenvalue weighted by Gasteiger charge is -2.24. The van der Waals surface area contributed by atoms with Crippen LogP contribution in [0.1, 0.15) is 22.7 Å². The number of nitrogens with zero attached hydrogens (tertiary/aromatic N) is 3. The monoisotopic (exact) mass is 703 g/mol. The lowest BCUT2D eigenvalue weighted by atomic mass is 9.95. The number of carbonyl (C=O) groups is 2. The Kier molecular flexibility index (Phi) is 9.24. The minimum absolute atomic E-state index is 0.109. The normalized spacial score (nSPS) is 15.2. The van der Waals surface area contributed by atoms with Crippen LogP contribution in [0, 0.1) is 0 Å². The number of rotatable bonds is 9. The van der Waals surface area contributed by atoms with Gasteiger partial charge in [0.05, 0.1) is 23.2 Å². The summed E-state index contributed by atoms with van der Waals surface area (Å²) < 4.78 is 6.12. The van der Waals surface area contributed by atoms with Gasteiger partial charge in [-0.2, -0.15) is 0 Å². The fraction of sp³-hybridized carbons (Fsp3) is 0.103. The van der Waals surface area contributed by atoms with Crippen LogP contribution in [0.15, 0.2) is 86.9 Å². The van der Waals surface area contributed by atoms with Gasteiger partial charge in [-0.15, -0.1) is 10.2 Å². The van der Waals surface area contributed by atoms with E-state index in [1.807, 2.05) is 36.4 Å². The van der Waals surface area contributed by atoms with Crippen molar-refractivity contribution in [1.82, 2.24) is 10.2 Å². The Balaban J connectivity index is 1.51. The third-order valence-corrected chi connectivity index (χ3v) is 9.55. The van der Waals surface area contributed by atoms with Crippen LogP contribution < -0.4 is 9.64 Å². The predicted octanol–water partition coefficient (Wildman–Crippen LogP) is 7.80. The summed E-state index contributed by atoms with van der Waals surface area (Å²) in [6.45, 7) is 0. The molecule has 0 aliphatic carbocycles. The minimum Gasteiger partial charge on any atom is -0.503 e. The molecule has 4 aromatic rings. The van der Waals surface area contributed by atoms with E-state index in [1.54, 1.807) is 24.3 Å². The quantitative estimate of drug-likeness (QED) is 0.103. The summed E-state index contributed by atoms with van der Waals surface area (Å²) in [5, 5.41) is 31.1. The summed E-state index contributed by atoms with van der Waals surface area (Å²) in [6, 6.07) is 16.3. The number of allylic oxidation sites excluding steroid dienone is 1. The van der Waals surface area contributed by atoms with Crippen molar-refractivity contribution in [1.29, 1.82) is 0 Å². The SMILES string of the molecule is COc1cc(C2C(C(=O)C=Cc3ccccc3)=C(O)C(=O)N2c2nnc(SCc3ccc(Cl)cc3Cl)s2)cc(Br)c1O. The van der Waals surface area contributed by atoms with Crippen molar-refractivity contribution in [3.8, 4) is 11.5 Å². The first-order valence-electron chi connectivity index (χ1n) is 12.2. The van der Waals surface area contributed by atoms with Crippen molar-refractivity contribution in [2.75, 3.05) is 12.0 Å². The van der Waals surface area contributed by atoms with Gasteiger partial charge >= 0.3 is 0 Å². The zero-order chi connectivity index (χ0) is 30.0. The van der Waals surface area contributed by atoms with Gasteiger partial charge in [0.2, 0.25) is 5.13 Å². The second kappa shape index (κ2) is 12.9. The van der Waals surface area contributed by atoms with E-state index in [9.17, 15) is 19.8 Å². The Morgan fingerprint density at radius 1 is 1.14 bits per heavy atom. The van der Waals surface area contributed by atoms with Gasteiger partial charge in [0, 0.05) is 15.8 Å². The Hall–Kier alpha value is -3.35. The second-order valence-corrected chi connectivity index (χ2v) is 12.8. The molecule has 13 heteroatoms. The van der Waals surface area contributed by atoms with Crippen molar-refractivity contribution in [2.45, 2.75) is 16.1 Å². The van der Waals surface area contributed by atoms with E-state index < -0.39 is 23.5 Å². The number of aliphatic hydroxyl groups excluding tert-OH is 1. The van der Waals surface area contributed by atoms with Crippen LogP contribution in [0.25, 0.3) is 6.08 Å². The number of carbonyl (C=O) groups excluding carboxylic acids is 2. The Labute approximate surface area is 267 Å². The number of anilines is 1. The molecule has 2 heterocycles. The van der Waals surface area contributed by atoms with E-state index in [0.717, 1.165) is 22.5 Å². The highest BCUT2D eigenvalue weighted by molar-refractivity contribution is 9.10. The maximum atomic E-state index is 13.5. The molecule has 0 saturated heterocycles. The van der Waals surface area contributed by atoms with E-state index in [4.69, 9.17) is 27.9 Å². The predicted molar refractivity (Wildman–Crippen MR) is 169 cm³/mol. The molecular weight excluding hydrogens is 685 g/mol. The largest absolute Gasteiger partial charge is 0.503 e. The number of methoxy groups -OCH3 is 1. The molecule has 2 N–H and O–H groups in total. The molecular formula is C29H20BrCl2N3O5S2. The molecule has 0 saturated carbocycles. The second-order valence-electron chi connectivity index (χ2n) is 8.88. The molecule has 8 nitrogen and oxygen atoms in total. The van der Waals surface area contributed by atoms with Gasteiger partial charge in [0.15, 0.2) is 27.4 Å². The number of ketones is 1. The van der Waals surface area contributed by atoms with Crippen LogP contribution >= 0.6 is 62.2 Å². The molecule has 42 heavy (non-hydrogen) atoms. The number of thioether (sulfide) groups is 1. The lowest BCUT2D eigenvalue weighted by Crippen LogP contribution is -2.31. The summed E-state index contributed by atoms with van der Waals surface area (Å²) >= 11 is 18.1. The fourth-order valence-corrected chi connectivity index (χ4v) is 7.12. The Morgan fingerprint density at radius 2 is 1.90 bits per heavy atom. The molecule has 1 amide bonds. The number of hydrogen-bond acceptors (Lipinski definition) is 9. The summed E-state index contributed by atoms with van der Waals surface area (Å²) in [5.74, 6) is -1.66. The van der Waals surface area contributed by atoms with Crippen molar-refractivity contribution in [3.63, 3.8) is 0 Å². The van der Waals surface area contributed by atoms with Crippen molar-refractivity contribution >= 4 is 85.1 Å². The molecule has 1 aliphatic heterocycles. The Morgan fingerprint density at radius 3 is 2.62 bits per heavy atom. The maximum Gasteiger partial charge on any atom is 0.296 e. The van der Waals surface area contributed by atoms with Gasteiger partial charge in [-0.3, -0.25) is 14.5 Å². The van der Waals surface area contributed by atoms with E-state index in [2.05, 4.69) is 26.1 Å². The summed E-state index contributed by atoms with van der Waals surface area (Å²) in [7, 11) is 1.38. The molecule has 0 bridgehead atoms. The average molecular weight is 705 g/mol. The van der Waals surface area contributed by atoms with Crippen LogP contribution in [0.2, 0.25) is 10.0 Å². The molecule has 3 aromatic carbocycles. The van der Waals surface area contributed by atoms with E-state index in [-0.39, 0.29) is 26.7 Å². The number of phenolic OH excluding ortho intramolecular Hbond substituents is 1. The summed E-state index contributed by atoms with van der Waals surface area (Å²) in [5.41, 5.74) is 1.85. The van der Waals surface area contributed by atoms with Crippen molar-refractivity contribution < 1.29 is 24.5 Å². The topological polar surface area (TPSA) is 113 Å². The molecule has 1 aromatic heterocycles. The Bertz CT molecular complexity index is 1750. The first-order chi connectivity index (χ1) is 20.2. The standard InChI is InChI=1S/C29H20BrCl2N3O5S2/c1-40-22-12-17(11-19(30)25(22)37)24-23(21(36)10-7-15-5-3-2-4-6-15)26(38)27(39)35(24)28-33-34-29(42-28)41-14-16-8-9-18(31)13-20(16)32/h2-13,24,37-38H,14H2,1H3. The van der Waals surface area contributed by atoms with Crippen LogP contribution in [-0.2, 0) is 15.3 Å². The van der Waals surface area contributed by atoms with Crippen molar-refractivity contribution in [2.24, 2.45) is 0 Å². The number of amides is 1. The van der Waals surface area contributed by atoms with Gasteiger partial charge in [-0.1, -0.05) is 88.8 Å². The molecule has 1 aliphatic rings. The number of hydrogen-bond donors (Lipinski definition) is 2. The number of benzene rings is 3. The smallest absolute Gasteiger partial charge is 0.296 e. The van der Waals surface area contributed by atoms with Gasteiger partial charge in [-0.25, -0.2) is 0 Å². The zero-order valence-corrected chi connectivity index (χ0v) is 26.4. The molecule has 5 rings (SSSR count). The summed E-state index contributed by atoms with van der Waals surface area (Å²) in [6.07, 6.45) is 2.90. The van der Waals surface area contributed by atoms with Crippen LogP contribution in [-0.4, -0.2) is 39.2 Å². The van der Waals surface area contributed by atoms with E-state index >= 15 is 0 Å². The van der Waals surface area contributed by atoms with Gasteiger partial charge in [0.25, 0.3) is 5.91 Å². The minimum atomic E-state index is -1.09. The fourth-order valence-electron chi connectivity index (χ4n) is 4.24. The number of halogens is 3. The maximum absolute atomic E-state index is 13.5.